The van der Waals surface area contributed by atoms with Crippen LogP contribution in [0.25, 0.3) is 22.0 Å². The van der Waals surface area contributed by atoms with Gasteiger partial charge in [0.1, 0.15) is 5.82 Å². The zero-order chi connectivity index (χ0) is 22.5. The van der Waals surface area contributed by atoms with Crippen molar-refractivity contribution in [3.05, 3.63) is 72.9 Å². The van der Waals surface area contributed by atoms with Crippen molar-refractivity contribution in [2.45, 2.75) is 23.8 Å². The largest absolute Gasteiger partial charge is 0.359 e. The molecule has 0 atom stereocenters. The number of fused-ring (bicyclic) bond motifs is 1. The number of amides is 1. The number of nitrogens with zero attached hydrogens (tertiary/aromatic N) is 3. The summed E-state index contributed by atoms with van der Waals surface area (Å²) in [6, 6.07) is 12.3. The quantitative estimate of drug-likeness (QED) is 0.502. The van der Waals surface area contributed by atoms with Crippen LogP contribution in [0.4, 0.5) is 4.39 Å². The third kappa shape index (κ3) is 3.29. The summed E-state index contributed by atoms with van der Waals surface area (Å²) in [6.45, 7) is 0. The molecule has 1 aliphatic rings. The first-order chi connectivity index (χ1) is 15.4. The fraction of sp³-hybridized carbons (Fsp3) is 0.217. The van der Waals surface area contributed by atoms with Crippen molar-refractivity contribution in [3.63, 3.8) is 0 Å². The van der Waals surface area contributed by atoms with Gasteiger partial charge in [-0.05, 0) is 43.2 Å². The van der Waals surface area contributed by atoms with Gasteiger partial charge in [0.05, 0.1) is 22.7 Å². The van der Waals surface area contributed by atoms with E-state index in [2.05, 4.69) is 10.4 Å². The standard InChI is InChI=1S/C23H21FN4O3S/c1-25-23(29)15-9-18(10-15)27-13-16(12-26-27)21-14-28(22-11-17(24)7-8-20(21)22)32(30,31)19-5-3-2-4-6-19/h2-8,11-15,18H,9-10H2,1H3,(H,25,29). The number of hydrogen-bond acceptors (Lipinski definition) is 4. The van der Waals surface area contributed by atoms with Crippen molar-refractivity contribution in [1.82, 2.24) is 19.1 Å². The average molecular weight is 453 g/mol. The SMILES string of the molecule is CNC(=O)C1CC(n2cc(-c3cn(S(=O)(=O)c4ccccc4)c4cc(F)ccc34)cn2)C1. The van der Waals surface area contributed by atoms with Gasteiger partial charge in [0.25, 0.3) is 10.0 Å². The van der Waals surface area contributed by atoms with E-state index in [0.717, 1.165) is 9.54 Å². The predicted octanol–water partition coefficient (Wildman–Crippen LogP) is 3.58. The van der Waals surface area contributed by atoms with Gasteiger partial charge in [-0.3, -0.25) is 9.48 Å². The zero-order valence-corrected chi connectivity index (χ0v) is 18.1. The van der Waals surface area contributed by atoms with E-state index in [4.69, 9.17) is 0 Å². The number of benzene rings is 2. The van der Waals surface area contributed by atoms with E-state index in [1.165, 1.54) is 30.5 Å². The highest BCUT2D eigenvalue weighted by Crippen LogP contribution is 2.39. The second kappa shape index (κ2) is 7.59. The van der Waals surface area contributed by atoms with Crippen LogP contribution in [0.3, 0.4) is 0 Å². The molecule has 9 heteroatoms. The highest BCUT2D eigenvalue weighted by Gasteiger charge is 2.35. The molecule has 1 amide bonds. The minimum absolute atomic E-state index is 0.0152. The smallest absolute Gasteiger partial charge is 0.268 e. The van der Waals surface area contributed by atoms with Gasteiger partial charge in [0.2, 0.25) is 5.91 Å². The summed E-state index contributed by atoms with van der Waals surface area (Å²) >= 11 is 0. The molecule has 7 nitrogen and oxygen atoms in total. The van der Waals surface area contributed by atoms with Gasteiger partial charge >= 0.3 is 0 Å². The molecule has 1 fully saturated rings. The summed E-state index contributed by atoms with van der Waals surface area (Å²) in [6.07, 6.45) is 6.45. The van der Waals surface area contributed by atoms with Crippen molar-refractivity contribution in [2.75, 3.05) is 7.05 Å². The van der Waals surface area contributed by atoms with Crippen molar-refractivity contribution in [2.24, 2.45) is 5.92 Å². The van der Waals surface area contributed by atoms with E-state index in [9.17, 15) is 17.6 Å². The van der Waals surface area contributed by atoms with Crippen molar-refractivity contribution >= 4 is 26.8 Å². The second-order valence-corrected chi connectivity index (χ2v) is 9.78. The number of carbonyl (C=O) groups is 1. The summed E-state index contributed by atoms with van der Waals surface area (Å²) < 4.78 is 43.6. The maximum Gasteiger partial charge on any atom is 0.268 e. The minimum Gasteiger partial charge on any atom is -0.359 e. The zero-order valence-electron chi connectivity index (χ0n) is 17.3. The van der Waals surface area contributed by atoms with E-state index >= 15 is 0 Å². The average Bonchev–Trinajstić information content (AvgIpc) is 3.38. The summed E-state index contributed by atoms with van der Waals surface area (Å²) in [5, 5.41) is 7.72. The molecule has 5 rings (SSSR count). The number of nitrogens with one attached hydrogen (secondary N) is 1. The normalized spacial score (nSPS) is 18.4. The highest BCUT2D eigenvalue weighted by atomic mass is 32.2. The Bertz CT molecular complexity index is 1420. The first-order valence-electron chi connectivity index (χ1n) is 10.3. The molecule has 0 aliphatic heterocycles. The molecule has 0 unspecified atom stereocenters. The van der Waals surface area contributed by atoms with Crippen molar-refractivity contribution in [3.8, 4) is 11.1 Å². The summed E-state index contributed by atoms with van der Waals surface area (Å²) in [5.41, 5.74) is 1.64. The molecule has 0 radical (unpaired) electrons. The molecule has 2 aromatic heterocycles. The van der Waals surface area contributed by atoms with Gasteiger partial charge in [-0.2, -0.15) is 5.10 Å². The molecule has 0 bridgehead atoms. The maximum atomic E-state index is 14.1. The molecule has 32 heavy (non-hydrogen) atoms. The number of aromatic nitrogens is 3. The molecule has 2 aromatic carbocycles. The third-order valence-electron chi connectivity index (χ3n) is 6.05. The van der Waals surface area contributed by atoms with Crippen LogP contribution in [0.2, 0.25) is 0 Å². The Balaban J connectivity index is 1.56. The van der Waals surface area contributed by atoms with Gasteiger partial charge in [-0.1, -0.05) is 18.2 Å². The van der Waals surface area contributed by atoms with Gasteiger partial charge in [0, 0.05) is 41.9 Å². The highest BCUT2D eigenvalue weighted by molar-refractivity contribution is 7.90. The predicted molar refractivity (Wildman–Crippen MR) is 118 cm³/mol. The summed E-state index contributed by atoms with van der Waals surface area (Å²) in [5.74, 6) is -0.500. The Kier molecular flexibility index (Phi) is 4.85. The fourth-order valence-electron chi connectivity index (χ4n) is 4.20. The van der Waals surface area contributed by atoms with E-state index in [1.54, 1.807) is 37.5 Å². The van der Waals surface area contributed by atoms with Crippen molar-refractivity contribution < 1.29 is 17.6 Å². The van der Waals surface area contributed by atoms with E-state index in [0.29, 0.717) is 23.8 Å². The maximum absolute atomic E-state index is 14.1. The van der Waals surface area contributed by atoms with Crippen molar-refractivity contribution in [1.29, 1.82) is 0 Å². The first-order valence-corrected chi connectivity index (χ1v) is 11.7. The lowest BCUT2D eigenvalue weighted by Gasteiger charge is -2.33. The Morgan fingerprint density at radius 3 is 2.59 bits per heavy atom. The second-order valence-electron chi connectivity index (χ2n) is 7.96. The molecule has 2 heterocycles. The lowest BCUT2D eigenvalue weighted by molar-refractivity contribution is -0.128. The summed E-state index contributed by atoms with van der Waals surface area (Å²) in [7, 11) is -2.29. The molecule has 0 spiro atoms. The Hall–Kier alpha value is -3.46. The number of hydrogen-bond donors (Lipinski definition) is 1. The molecular weight excluding hydrogens is 431 g/mol. The van der Waals surface area contributed by atoms with E-state index in [-0.39, 0.29) is 28.3 Å². The number of halogens is 1. The minimum atomic E-state index is -3.91. The molecule has 164 valence electrons. The van der Waals surface area contributed by atoms with Crippen LogP contribution in [0.15, 0.2) is 72.0 Å². The van der Waals surface area contributed by atoms with Gasteiger partial charge in [-0.25, -0.2) is 16.8 Å². The van der Waals surface area contributed by atoms with Crippen LogP contribution in [0.1, 0.15) is 18.9 Å². The fourth-order valence-corrected chi connectivity index (χ4v) is 5.59. The Labute approximate surface area is 184 Å². The van der Waals surface area contributed by atoms with Crippen LogP contribution in [0.5, 0.6) is 0 Å². The van der Waals surface area contributed by atoms with Gasteiger partial charge < -0.3 is 5.32 Å². The van der Waals surface area contributed by atoms with Crippen LogP contribution in [-0.2, 0) is 14.8 Å². The topological polar surface area (TPSA) is 86.0 Å². The summed E-state index contributed by atoms with van der Waals surface area (Å²) in [4.78, 5) is 11.9. The van der Waals surface area contributed by atoms with E-state index < -0.39 is 15.8 Å². The molecule has 1 N–H and O–H groups in total. The molecular formula is C23H21FN4O3S. The Morgan fingerprint density at radius 1 is 1.12 bits per heavy atom. The monoisotopic (exact) mass is 452 g/mol. The number of rotatable bonds is 5. The third-order valence-corrected chi connectivity index (χ3v) is 7.74. The lowest BCUT2D eigenvalue weighted by Crippen LogP contribution is -2.38. The molecule has 1 aliphatic carbocycles. The Morgan fingerprint density at radius 2 is 1.88 bits per heavy atom. The van der Waals surface area contributed by atoms with Crippen LogP contribution < -0.4 is 5.32 Å². The lowest BCUT2D eigenvalue weighted by atomic mass is 9.80. The molecule has 0 saturated heterocycles. The van der Waals surface area contributed by atoms with Crippen LogP contribution >= 0.6 is 0 Å². The van der Waals surface area contributed by atoms with Crippen LogP contribution in [0, 0.1) is 11.7 Å². The molecule has 1 saturated carbocycles. The first kappa shape index (κ1) is 20.4. The molecule has 4 aromatic rings. The van der Waals surface area contributed by atoms with Crippen LogP contribution in [-0.4, -0.2) is 35.1 Å². The number of carbonyl (C=O) groups excluding carboxylic acids is 1. The van der Waals surface area contributed by atoms with E-state index in [1.807, 2.05) is 10.9 Å². The van der Waals surface area contributed by atoms with Gasteiger partial charge in [-0.15, -0.1) is 0 Å². The van der Waals surface area contributed by atoms with Gasteiger partial charge in [0.15, 0.2) is 0 Å².